The van der Waals surface area contributed by atoms with E-state index >= 15 is 0 Å². The minimum atomic E-state index is -0.226. The van der Waals surface area contributed by atoms with Gasteiger partial charge in [0.05, 0.1) is 18.3 Å². The maximum Gasteiger partial charge on any atom is 0.146 e. The van der Waals surface area contributed by atoms with Crippen molar-refractivity contribution in [1.82, 2.24) is 4.98 Å². The van der Waals surface area contributed by atoms with Crippen molar-refractivity contribution in [3.05, 3.63) is 66.4 Å². The Kier molecular flexibility index (Phi) is 7.95. The topological polar surface area (TPSA) is 68.4 Å². The van der Waals surface area contributed by atoms with Crippen LogP contribution in [0.4, 0.5) is 0 Å². The summed E-state index contributed by atoms with van der Waals surface area (Å²) < 4.78 is 5.83. The lowest BCUT2D eigenvalue weighted by Gasteiger charge is -2.10. The molecule has 24 heavy (non-hydrogen) atoms. The molecule has 0 fully saturated rings. The molecule has 4 nitrogen and oxygen atoms in total. The summed E-state index contributed by atoms with van der Waals surface area (Å²) in [5.41, 5.74) is 7.75. The molecule has 0 aliphatic carbocycles. The number of aliphatic hydroxyl groups is 1. The zero-order valence-corrected chi connectivity index (χ0v) is 14.6. The Hall–Kier alpha value is -1.85. The first kappa shape index (κ1) is 20.2. The highest BCUT2D eigenvalue weighted by atomic mass is 35.5. The van der Waals surface area contributed by atoms with E-state index in [-0.39, 0.29) is 37.5 Å². The predicted molar refractivity (Wildman–Crippen MR) is 102 cm³/mol. The molecule has 6 heteroatoms. The fourth-order valence-electron chi connectivity index (χ4n) is 2.30. The van der Waals surface area contributed by atoms with Crippen LogP contribution in [-0.4, -0.2) is 22.7 Å². The largest absolute Gasteiger partial charge is 0.456 e. The van der Waals surface area contributed by atoms with Gasteiger partial charge in [-0.25, -0.2) is 0 Å². The Morgan fingerprint density at radius 2 is 1.71 bits per heavy atom. The molecule has 3 aromatic rings. The predicted octanol–water partition coefficient (Wildman–Crippen LogP) is 3.73. The molecule has 3 N–H and O–H groups in total. The van der Waals surface area contributed by atoms with Gasteiger partial charge < -0.3 is 15.6 Å². The third kappa shape index (κ3) is 5.08. The van der Waals surface area contributed by atoms with E-state index in [0.717, 1.165) is 22.2 Å². The second-order valence-electron chi connectivity index (χ2n) is 5.26. The summed E-state index contributed by atoms with van der Waals surface area (Å²) in [6.07, 6.45) is 2.37. The minimum Gasteiger partial charge on any atom is -0.456 e. The van der Waals surface area contributed by atoms with Crippen molar-refractivity contribution in [3.63, 3.8) is 0 Å². The number of hydrogen-bond donors (Lipinski definition) is 2. The van der Waals surface area contributed by atoms with Gasteiger partial charge in [0, 0.05) is 11.4 Å². The van der Waals surface area contributed by atoms with Crippen LogP contribution in [-0.2, 0) is 6.42 Å². The Labute approximate surface area is 153 Å². The smallest absolute Gasteiger partial charge is 0.146 e. The van der Waals surface area contributed by atoms with Gasteiger partial charge >= 0.3 is 0 Å². The van der Waals surface area contributed by atoms with Crippen molar-refractivity contribution < 1.29 is 9.84 Å². The van der Waals surface area contributed by atoms with Crippen LogP contribution in [0.15, 0.2) is 60.8 Å². The van der Waals surface area contributed by atoms with Crippen LogP contribution in [0.2, 0.25) is 0 Å². The first-order chi connectivity index (χ1) is 10.7. The molecular formula is C18H20Cl2N2O2. The van der Waals surface area contributed by atoms with E-state index in [0.29, 0.717) is 12.2 Å². The van der Waals surface area contributed by atoms with Crippen LogP contribution in [0.5, 0.6) is 11.5 Å². The summed E-state index contributed by atoms with van der Waals surface area (Å²) in [5.74, 6) is 1.46. The average molecular weight is 367 g/mol. The summed E-state index contributed by atoms with van der Waals surface area (Å²) in [6.45, 7) is -0.0129. The van der Waals surface area contributed by atoms with Gasteiger partial charge in [-0.15, -0.1) is 24.8 Å². The monoisotopic (exact) mass is 366 g/mol. The molecule has 3 rings (SSSR count). The van der Waals surface area contributed by atoms with Crippen LogP contribution >= 0.6 is 24.8 Å². The van der Waals surface area contributed by atoms with Crippen molar-refractivity contribution in [3.8, 4) is 11.5 Å². The van der Waals surface area contributed by atoms with Gasteiger partial charge in [0.15, 0.2) is 0 Å². The molecule has 0 radical (unpaired) electrons. The number of fused-ring (bicyclic) bond motifs is 1. The van der Waals surface area contributed by atoms with E-state index in [1.165, 1.54) is 0 Å². The van der Waals surface area contributed by atoms with Gasteiger partial charge in [0.1, 0.15) is 11.5 Å². The standard InChI is InChI=1S/C18H18N2O2.2ClH/c19-15(12-21)9-13-5-7-16(8-6-13)22-17-10-14-3-1-2-4-18(14)20-11-17;;/h1-8,10-11,15,21H,9,12,19H2;2*1H/t15-;;/m0../s1. The highest BCUT2D eigenvalue weighted by Crippen LogP contribution is 2.24. The summed E-state index contributed by atoms with van der Waals surface area (Å²) in [6, 6.07) is 17.4. The van der Waals surface area contributed by atoms with Crippen molar-refractivity contribution in [2.24, 2.45) is 5.73 Å². The molecule has 0 aliphatic heterocycles. The molecule has 0 saturated heterocycles. The van der Waals surface area contributed by atoms with E-state index in [4.69, 9.17) is 15.6 Å². The normalized spacial score (nSPS) is 11.2. The molecule has 0 unspecified atom stereocenters. The van der Waals surface area contributed by atoms with Crippen LogP contribution in [0, 0.1) is 0 Å². The van der Waals surface area contributed by atoms with E-state index in [1.807, 2.05) is 54.6 Å². The fourth-order valence-corrected chi connectivity index (χ4v) is 2.30. The average Bonchev–Trinajstić information content (AvgIpc) is 2.56. The Morgan fingerprint density at radius 3 is 2.42 bits per heavy atom. The second kappa shape index (κ2) is 9.45. The number of aliphatic hydroxyl groups excluding tert-OH is 1. The fraction of sp³-hybridized carbons (Fsp3) is 0.167. The van der Waals surface area contributed by atoms with E-state index < -0.39 is 0 Å². The highest BCUT2D eigenvalue weighted by molar-refractivity contribution is 5.85. The zero-order chi connectivity index (χ0) is 15.4. The molecular weight excluding hydrogens is 347 g/mol. The molecule has 1 atom stereocenters. The lowest BCUT2D eigenvalue weighted by Crippen LogP contribution is -2.26. The van der Waals surface area contributed by atoms with Crippen LogP contribution in [0.25, 0.3) is 10.9 Å². The second-order valence-corrected chi connectivity index (χ2v) is 5.26. The summed E-state index contributed by atoms with van der Waals surface area (Å²) in [7, 11) is 0. The van der Waals surface area contributed by atoms with Crippen LogP contribution in [0.1, 0.15) is 5.56 Å². The summed E-state index contributed by atoms with van der Waals surface area (Å²) in [5, 5.41) is 10.0. The number of nitrogens with zero attached hydrogens (tertiary/aromatic N) is 1. The van der Waals surface area contributed by atoms with Crippen molar-refractivity contribution in [1.29, 1.82) is 0 Å². The molecule has 0 spiro atoms. The number of halogens is 2. The Morgan fingerprint density at radius 1 is 1.00 bits per heavy atom. The maximum atomic E-state index is 8.98. The maximum absolute atomic E-state index is 8.98. The molecule has 0 bridgehead atoms. The number of benzene rings is 2. The summed E-state index contributed by atoms with van der Waals surface area (Å²) >= 11 is 0. The number of rotatable bonds is 5. The lowest BCUT2D eigenvalue weighted by molar-refractivity contribution is 0.265. The van der Waals surface area contributed by atoms with Crippen molar-refractivity contribution in [2.45, 2.75) is 12.5 Å². The van der Waals surface area contributed by atoms with Crippen LogP contribution < -0.4 is 10.5 Å². The molecule has 128 valence electrons. The lowest BCUT2D eigenvalue weighted by atomic mass is 10.1. The quantitative estimate of drug-likeness (QED) is 0.721. The van der Waals surface area contributed by atoms with Crippen LogP contribution in [0.3, 0.4) is 0 Å². The summed E-state index contributed by atoms with van der Waals surface area (Å²) in [4.78, 5) is 4.38. The molecule has 0 saturated carbocycles. The van der Waals surface area contributed by atoms with E-state index in [9.17, 15) is 0 Å². The van der Waals surface area contributed by atoms with Gasteiger partial charge in [0.25, 0.3) is 0 Å². The molecule has 0 aliphatic rings. The molecule has 1 aromatic heterocycles. The minimum absolute atomic E-state index is 0. The molecule has 2 aromatic carbocycles. The highest BCUT2D eigenvalue weighted by Gasteiger charge is 2.04. The Balaban J connectivity index is 0.00000144. The van der Waals surface area contributed by atoms with Gasteiger partial charge in [-0.1, -0.05) is 30.3 Å². The number of ether oxygens (including phenoxy) is 1. The van der Waals surface area contributed by atoms with E-state index in [1.54, 1.807) is 6.20 Å². The number of nitrogens with two attached hydrogens (primary N) is 1. The number of pyridine rings is 1. The number of para-hydroxylation sites is 1. The Bertz CT molecular complexity index is 766. The van der Waals surface area contributed by atoms with Crippen molar-refractivity contribution in [2.75, 3.05) is 6.61 Å². The first-order valence-electron chi connectivity index (χ1n) is 7.22. The van der Waals surface area contributed by atoms with Crippen molar-refractivity contribution >= 4 is 35.7 Å². The number of aromatic nitrogens is 1. The zero-order valence-electron chi connectivity index (χ0n) is 13.0. The van der Waals surface area contributed by atoms with Gasteiger partial charge in [-0.05, 0) is 36.2 Å². The number of hydrogen-bond acceptors (Lipinski definition) is 4. The van der Waals surface area contributed by atoms with Gasteiger partial charge in [0.2, 0.25) is 0 Å². The molecule has 0 amide bonds. The SMILES string of the molecule is Cl.Cl.N[C@H](CO)Cc1ccc(Oc2cnc3ccccc3c2)cc1. The van der Waals surface area contributed by atoms with Gasteiger partial charge in [-0.2, -0.15) is 0 Å². The third-order valence-corrected chi connectivity index (χ3v) is 3.46. The first-order valence-corrected chi connectivity index (χ1v) is 7.22. The molecule has 1 heterocycles. The van der Waals surface area contributed by atoms with E-state index in [2.05, 4.69) is 4.98 Å². The van der Waals surface area contributed by atoms with Gasteiger partial charge in [-0.3, -0.25) is 4.98 Å². The third-order valence-electron chi connectivity index (χ3n) is 3.46.